The Hall–Kier alpha value is -1.35. The molecule has 0 amide bonds. The maximum Gasteiger partial charge on any atom is 0.154 e. The highest BCUT2D eigenvalue weighted by atomic mass is 32.1. The Labute approximate surface area is 81.3 Å². The molecule has 1 aromatic carbocycles. The molecule has 0 unspecified atom stereocenters. The summed E-state index contributed by atoms with van der Waals surface area (Å²) in [5.74, 6) is 0.897. The number of nitrogens with one attached hydrogen (secondary N) is 1. The van der Waals surface area contributed by atoms with Crippen molar-refractivity contribution in [2.45, 2.75) is 6.54 Å². The molecule has 0 saturated heterocycles. The van der Waals surface area contributed by atoms with E-state index >= 15 is 0 Å². The zero-order valence-corrected chi connectivity index (χ0v) is 7.84. The summed E-state index contributed by atoms with van der Waals surface area (Å²) in [6.45, 7) is 0.818. The lowest BCUT2D eigenvalue weighted by Gasteiger charge is -2.01. The van der Waals surface area contributed by atoms with Crippen LogP contribution < -0.4 is 5.32 Å². The largest absolute Gasteiger partial charge is 0.365 e. The molecule has 0 aliphatic heterocycles. The Morgan fingerprint density at radius 3 is 2.85 bits per heavy atom. The molecular formula is C10H9N2S. The van der Waals surface area contributed by atoms with Crippen LogP contribution in [0, 0.1) is 5.51 Å². The molecule has 1 radical (unpaired) electrons. The molecule has 0 bridgehead atoms. The molecule has 1 N–H and O–H groups in total. The van der Waals surface area contributed by atoms with Crippen molar-refractivity contribution in [1.29, 1.82) is 0 Å². The standard InChI is InChI=1S/C10H9N2S/c1-2-4-9(5-3-1)6-11-10-7-13-8-12-10/h1-5,7,11H,6H2. The molecule has 0 spiro atoms. The molecule has 1 heterocycles. The van der Waals surface area contributed by atoms with Crippen LogP contribution in [0.2, 0.25) is 0 Å². The Kier molecular flexibility index (Phi) is 2.57. The molecule has 2 nitrogen and oxygen atoms in total. The lowest BCUT2D eigenvalue weighted by atomic mass is 10.2. The maximum absolute atomic E-state index is 4.01. The minimum Gasteiger partial charge on any atom is -0.365 e. The smallest absolute Gasteiger partial charge is 0.154 e. The summed E-state index contributed by atoms with van der Waals surface area (Å²) in [7, 11) is 0. The first-order valence-electron chi connectivity index (χ1n) is 4.04. The van der Waals surface area contributed by atoms with Crippen LogP contribution in [0.15, 0.2) is 35.7 Å². The highest BCUT2D eigenvalue weighted by Gasteiger charge is 1.93. The van der Waals surface area contributed by atoms with Crippen LogP contribution in [-0.2, 0) is 6.54 Å². The number of benzene rings is 1. The number of hydrogen-bond donors (Lipinski definition) is 1. The monoisotopic (exact) mass is 189 g/mol. The van der Waals surface area contributed by atoms with Crippen LogP contribution in [0.25, 0.3) is 0 Å². The van der Waals surface area contributed by atoms with Gasteiger partial charge >= 0.3 is 0 Å². The van der Waals surface area contributed by atoms with Gasteiger partial charge in [-0.05, 0) is 5.56 Å². The molecular weight excluding hydrogens is 180 g/mol. The Balaban J connectivity index is 1.94. The third kappa shape index (κ3) is 2.29. The minimum absolute atomic E-state index is 0.818. The summed E-state index contributed by atoms with van der Waals surface area (Å²) in [5, 5.41) is 5.16. The SMILES string of the molecule is [c]1nc(NCc2ccccc2)cs1. The molecule has 2 aromatic rings. The van der Waals surface area contributed by atoms with E-state index in [-0.39, 0.29) is 0 Å². The topological polar surface area (TPSA) is 24.9 Å². The van der Waals surface area contributed by atoms with Gasteiger partial charge in [0.05, 0.1) is 0 Å². The van der Waals surface area contributed by atoms with E-state index < -0.39 is 0 Å². The van der Waals surface area contributed by atoms with Gasteiger partial charge in [-0.1, -0.05) is 30.3 Å². The fraction of sp³-hybridized carbons (Fsp3) is 0.100. The fourth-order valence-corrected chi connectivity index (χ4v) is 1.51. The van der Waals surface area contributed by atoms with Crippen LogP contribution >= 0.6 is 11.3 Å². The highest BCUT2D eigenvalue weighted by molar-refractivity contribution is 7.07. The highest BCUT2D eigenvalue weighted by Crippen LogP contribution is 2.08. The van der Waals surface area contributed by atoms with Gasteiger partial charge < -0.3 is 5.32 Å². The molecule has 0 aliphatic rings. The lowest BCUT2D eigenvalue weighted by molar-refractivity contribution is 1.12. The Morgan fingerprint density at radius 2 is 2.15 bits per heavy atom. The van der Waals surface area contributed by atoms with Crippen molar-refractivity contribution in [2.24, 2.45) is 0 Å². The van der Waals surface area contributed by atoms with E-state index in [0.717, 1.165) is 12.4 Å². The third-order valence-electron chi connectivity index (χ3n) is 1.71. The predicted molar refractivity (Wildman–Crippen MR) is 54.7 cm³/mol. The Bertz CT molecular complexity index is 342. The zero-order valence-electron chi connectivity index (χ0n) is 7.03. The van der Waals surface area contributed by atoms with Crippen molar-refractivity contribution in [3.05, 3.63) is 46.8 Å². The quantitative estimate of drug-likeness (QED) is 0.802. The maximum atomic E-state index is 4.01. The molecule has 1 aromatic heterocycles. The molecule has 65 valence electrons. The summed E-state index contributed by atoms with van der Waals surface area (Å²) in [6.07, 6.45) is 0. The number of anilines is 1. The van der Waals surface area contributed by atoms with Crippen LogP contribution in [0.1, 0.15) is 5.56 Å². The normalized spacial score (nSPS) is 9.85. The Morgan fingerprint density at radius 1 is 1.31 bits per heavy atom. The first kappa shape index (κ1) is 8.26. The second-order valence-corrected chi connectivity index (χ2v) is 3.32. The number of aromatic nitrogens is 1. The van der Waals surface area contributed by atoms with E-state index in [1.165, 1.54) is 16.9 Å². The summed E-state index contributed by atoms with van der Waals surface area (Å²) in [5.41, 5.74) is 4.05. The van der Waals surface area contributed by atoms with Gasteiger partial charge in [0.2, 0.25) is 0 Å². The van der Waals surface area contributed by atoms with Crippen molar-refractivity contribution in [2.75, 3.05) is 5.32 Å². The molecule has 0 aliphatic carbocycles. The molecule has 2 rings (SSSR count). The molecule has 0 saturated carbocycles. The molecule has 3 heteroatoms. The molecule has 0 fully saturated rings. The van der Waals surface area contributed by atoms with Crippen molar-refractivity contribution in [1.82, 2.24) is 4.98 Å². The molecule has 0 atom stereocenters. The number of rotatable bonds is 3. The van der Waals surface area contributed by atoms with E-state index in [9.17, 15) is 0 Å². The van der Waals surface area contributed by atoms with Gasteiger partial charge in [0, 0.05) is 11.9 Å². The van der Waals surface area contributed by atoms with Gasteiger partial charge in [0.25, 0.3) is 0 Å². The van der Waals surface area contributed by atoms with E-state index in [0.29, 0.717) is 0 Å². The van der Waals surface area contributed by atoms with Crippen LogP contribution in [0.5, 0.6) is 0 Å². The van der Waals surface area contributed by atoms with Gasteiger partial charge in [0.15, 0.2) is 5.51 Å². The number of hydrogen-bond acceptors (Lipinski definition) is 3. The van der Waals surface area contributed by atoms with Crippen LogP contribution in [0.3, 0.4) is 0 Å². The van der Waals surface area contributed by atoms with Crippen LogP contribution in [-0.4, -0.2) is 4.98 Å². The summed E-state index contributed by atoms with van der Waals surface area (Å²) in [6, 6.07) is 10.3. The molecule has 13 heavy (non-hydrogen) atoms. The third-order valence-corrected chi connectivity index (χ3v) is 2.24. The second kappa shape index (κ2) is 4.05. The van der Waals surface area contributed by atoms with E-state index in [2.05, 4.69) is 27.9 Å². The van der Waals surface area contributed by atoms with E-state index in [1.54, 1.807) is 0 Å². The summed E-state index contributed by atoms with van der Waals surface area (Å²) in [4.78, 5) is 4.01. The van der Waals surface area contributed by atoms with Crippen molar-refractivity contribution >= 4 is 17.2 Å². The van der Waals surface area contributed by atoms with Crippen molar-refractivity contribution < 1.29 is 0 Å². The van der Waals surface area contributed by atoms with Gasteiger partial charge in [-0.3, -0.25) is 0 Å². The number of nitrogens with zero attached hydrogens (tertiary/aromatic N) is 1. The average molecular weight is 189 g/mol. The first-order valence-corrected chi connectivity index (χ1v) is 4.92. The average Bonchev–Trinajstić information content (AvgIpc) is 2.69. The first-order chi connectivity index (χ1) is 6.45. The van der Waals surface area contributed by atoms with Crippen LogP contribution in [0.4, 0.5) is 5.82 Å². The zero-order chi connectivity index (χ0) is 8.93. The van der Waals surface area contributed by atoms with Gasteiger partial charge in [-0.2, -0.15) is 0 Å². The van der Waals surface area contributed by atoms with E-state index in [4.69, 9.17) is 0 Å². The lowest BCUT2D eigenvalue weighted by Crippen LogP contribution is -1.98. The predicted octanol–water partition coefficient (Wildman–Crippen LogP) is 2.56. The minimum atomic E-state index is 0.818. The van der Waals surface area contributed by atoms with Gasteiger partial charge in [-0.25, -0.2) is 4.98 Å². The van der Waals surface area contributed by atoms with Gasteiger partial charge in [-0.15, -0.1) is 11.3 Å². The van der Waals surface area contributed by atoms with Crippen molar-refractivity contribution in [3.8, 4) is 0 Å². The van der Waals surface area contributed by atoms with Crippen molar-refractivity contribution in [3.63, 3.8) is 0 Å². The fourth-order valence-electron chi connectivity index (χ4n) is 1.05. The van der Waals surface area contributed by atoms with E-state index in [1.807, 2.05) is 23.6 Å². The summed E-state index contributed by atoms with van der Waals surface area (Å²) < 4.78 is 0. The summed E-state index contributed by atoms with van der Waals surface area (Å²) >= 11 is 1.48. The number of thiazole rings is 1. The second-order valence-electron chi connectivity index (χ2n) is 2.66. The van der Waals surface area contributed by atoms with Gasteiger partial charge in [0.1, 0.15) is 5.82 Å².